The number of hydrogen-bond donors (Lipinski definition) is 1. The highest BCUT2D eigenvalue weighted by molar-refractivity contribution is 5.76. The molecule has 0 aliphatic rings. The minimum atomic E-state index is -0.0580. The number of aryl methyl sites for hydroxylation is 1. The number of nitrogens with one attached hydrogen (secondary N) is 1. The van der Waals surface area contributed by atoms with Gasteiger partial charge in [0.1, 0.15) is 17.2 Å². The van der Waals surface area contributed by atoms with Crippen LogP contribution in [0.1, 0.15) is 17.5 Å². The number of carbonyl (C=O) groups excluding carboxylic acids is 1. The van der Waals surface area contributed by atoms with Crippen molar-refractivity contribution in [1.82, 2.24) is 15.1 Å². The van der Waals surface area contributed by atoms with E-state index in [2.05, 4.69) is 10.4 Å². The van der Waals surface area contributed by atoms with E-state index in [-0.39, 0.29) is 5.91 Å². The number of benzene rings is 2. The smallest absolute Gasteiger partial charge is 0.220 e. The van der Waals surface area contributed by atoms with Crippen molar-refractivity contribution in [3.63, 3.8) is 0 Å². The van der Waals surface area contributed by atoms with Crippen LogP contribution in [-0.4, -0.2) is 37.0 Å². The van der Waals surface area contributed by atoms with Crippen molar-refractivity contribution >= 4 is 5.91 Å². The molecule has 1 amide bonds. The van der Waals surface area contributed by atoms with Crippen LogP contribution in [0.25, 0.3) is 5.69 Å². The number of aromatic nitrogens is 2. The summed E-state index contributed by atoms with van der Waals surface area (Å²) in [5.74, 6) is 1.78. The summed E-state index contributed by atoms with van der Waals surface area (Å²) in [6, 6.07) is 13.4. The number of carbonyl (C=O) groups is 1. The number of nitrogens with zero attached hydrogens (tertiary/aromatic N) is 2. The molecule has 0 aliphatic carbocycles. The van der Waals surface area contributed by atoms with E-state index in [1.165, 1.54) is 0 Å². The second-order valence-electron chi connectivity index (χ2n) is 6.42. The average molecular weight is 395 g/mol. The second-order valence-corrected chi connectivity index (χ2v) is 6.42. The Kier molecular flexibility index (Phi) is 6.73. The molecule has 29 heavy (non-hydrogen) atoms. The third-order valence-electron chi connectivity index (χ3n) is 4.58. The van der Waals surface area contributed by atoms with Crippen LogP contribution in [0.3, 0.4) is 0 Å². The Labute approximate surface area is 170 Å². The van der Waals surface area contributed by atoms with Crippen molar-refractivity contribution in [2.24, 2.45) is 0 Å². The van der Waals surface area contributed by atoms with E-state index in [9.17, 15) is 4.79 Å². The van der Waals surface area contributed by atoms with Gasteiger partial charge in [0.15, 0.2) is 0 Å². The van der Waals surface area contributed by atoms with Gasteiger partial charge in [0.25, 0.3) is 0 Å². The highest BCUT2D eigenvalue weighted by Crippen LogP contribution is 2.33. The molecule has 0 saturated carbocycles. The second kappa shape index (κ2) is 9.64. The molecule has 7 heteroatoms. The third-order valence-corrected chi connectivity index (χ3v) is 4.58. The third kappa shape index (κ3) is 5.07. The highest BCUT2D eigenvalue weighted by Gasteiger charge is 2.14. The van der Waals surface area contributed by atoms with Crippen molar-refractivity contribution in [2.45, 2.75) is 19.4 Å². The lowest BCUT2D eigenvalue weighted by Crippen LogP contribution is -2.23. The zero-order valence-electron chi connectivity index (χ0n) is 16.8. The van der Waals surface area contributed by atoms with Crippen LogP contribution in [0.4, 0.5) is 0 Å². The molecule has 0 unspecified atom stereocenters. The maximum absolute atomic E-state index is 12.3. The first-order valence-electron chi connectivity index (χ1n) is 9.29. The van der Waals surface area contributed by atoms with E-state index >= 15 is 0 Å². The molecule has 2 aromatic carbocycles. The minimum absolute atomic E-state index is 0.0580. The molecule has 1 N–H and O–H groups in total. The molecule has 3 aromatic rings. The van der Waals surface area contributed by atoms with Crippen LogP contribution < -0.4 is 19.5 Å². The minimum Gasteiger partial charge on any atom is -0.496 e. The summed E-state index contributed by atoms with van der Waals surface area (Å²) in [6.45, 7) is 0.304. The highest BCUT2D eigenvalue weighted by atomic mass is 16.5. The molecule has 7 nitrogen and oxygen atoms in total. The predicted molar refractivity (Wildman–Crippen MR) is 110 cm³/mol. The van der Waals surface area contributed by atoms with Gasteiger partial charge >= 0.3 is 0 Å². The first-order valence-corrected chi connectivity index (χ1v) is 9.29. The van der Waals surface area contributed by atoms with Crippen molar-refractivity contribution in [3.05, 3.63) is 66.0 Å². The Hall–Kier alpha value is -3.48. The van der Waals surface area contributed by atoms with Crippen molar-refractivity contribution in [2.75, 3.05) is 21.3 Å². The molecule has 0 aliphatic heterocycles. The summed E-state index contributed by atoms with van der Waals surface area (Å²) in [7, 11) is 4.73. The monoisotopic (exact) mass is 395 g/mol. The van der Waals surface area contributed by atoms with Crippen molar-refractivity contribution in [1.29, 1.82) is 0 Å². The van der Waals surface area contributed by atoms with E-state index in [0.717, 1.165) is 16.8 Å². The Morgan fingerprint density at radius 2 is 1.72 bits per heavy atom. The molecular weight excluding hydrogens is 370 g/mol. The molecule has 0 atom stereocenters. The molecule has 1 aromatic heterocycles. The van der Waals surface area contributed by atoms with Gasteiger partial charge in [-0.05, 0) is 24.1 Å². The van der Waals surface area contributed by atoms with E-state index in [1.807, 2.05) is 36.5 Å². The lowest BCUT2D eigenvalue weighted by Gasteiger charge is -2.15. The van der Waals surface area contributed by atoms with E-state index in [4.69, 9.17) is 14.2 Å². The maximum Gasteiger partial charge on any atom is 0.220 e. The number of methoxy groups -OCH3 is 3. The Morgan fingerprint density at radius 1 is 1.03 bits per heavy atom. The number of amides is 1. The fourth-order valence-electron chi connectivity index (χ4n) is 3.00. The van der Waals surface area contributed by atoms with Crippen LogP contribution in [0.5, 0.6) is 17.2 Å². The van der Waals surface area contributed by atoms with Crippen LogP contribution in [0, 0.1) is 0 Å². The fourth-order valence-corrected chi connectivity index (χ4v) is 3.00. The van der Waals surface area contributed by atoms with Gasteiger partial charge in [-0.25, -0.2) is 4.68 Å². The molecule has 1 heterocycles. The molecule has 0 saturated heterocycles. The topological polar surface area (TPSA) is 74.6 Å². The molecule has 0 spiro atoms. The van der Waals surface area contributed by atoms with Gasteiger partial charge in [-0.1, -0.05) is 18.2 Å². The Bertz CT molecular complexity index is 929. The summed E-state index contributed by atoms with van der Waals surface area (Å²) in [5.41, 5.74) is 2.76. The van der Waals surface area contributed by atoms with Crippen LogP contribution in [0.2, 0.25) is 0 Å². The number of hydrogen-bond acceptors (Lipinski definition) is 5. The molecule has 0 bridgehead atoms. The zero-order valence-corrected chi connectivity index (χ0v) is 16.8. The summed E-state index contributed by atoms with van der Waals surface area (Å²) < 4.78 is 17.9. The molecular formula is C22H25N3O4. The van der Waals surface area contributed by atoms with Gasteiger partial charge in [0, 0.05) is 24.8 Å². The Balaban J connectivity index is 1.58. The number of ether oxygens (including phenoxy) is 3. The van der Waals surface area contributed by atoms with Gasteiger partial charge in [0.05, 0.1) is 45.3 Å². The molecule has 0 fully saturated rings. The fraction of sp³-hybridized carbons (Fsp3) is 0.273. The first kappa shape index (κ1) is 20.3. The van der Waals surface area contributed by atoms with E-state index in [1.54, 1.807) is 44.3 Å². The summed E-state index contributed by atoms with van der Waals surface area (Å²) in [5, 5.41) is 7.29. The molecule has 3 rings (SSSR count). The summed E-state index contributed by atoms with van der Waals surface area (Å²) >= 11 is 0. The standard InChI is InChI=1S/C22H25N3O4/c1-27-18-11-20(28-2)19(21(12-18)29-3)14-23-22(26)10-9-16-13-24-25(15-16)17-7-5-4-6-8-17/h4-8,11-13,15H,9-10,14H2,1-3H3,(H,23,26). The van der Waals surface area contributed by atoms with Gasteiger partial charge in [-0.2, -0.15) is 5.10 Å². The van der Waals surface area contributed by atoms with Gasteiger partial charge in [0.2, 0.25) is 5.91 Å². The summed E-state index contributed by atoms with van der Waals surface area (Å²) in [6.07, 6.45) is 4.70. The number of para-hydroxylation sites is 1. The largest absolute Gasteiger partial charge is 0.496 e. The normalized spacial score (nSPS) is 10.4. The van der Waals surface area contributed by atoms with Crippen molar-refractivity contribution < 1.29 is 19.0 Å². The quantitative estimate of drug-likeness (QED) is 0.602. The van der Waals surface area contributed by atoms with Gasteiger partial charge in [-0.3, -0.25) is 4.79 Å². The SMILES string of the molecule is COc1cc(OC)c(CNC(=O)CCc2cnn(-c3ccccc3)c2)c(OC)c1. The maximum atomic E-state index is 12.3. The lowest BCUT2D eigenvalue weighted by molar-refractivity contribution is -0.121. The Morgan fingerprint density at radius 3 is 2.34 bits per heavy atom. The van der Waals surface area contributed by atoms with Gasteiger partial charge in [-0.15, -0.1) is 0 Å². The van der Waals surface area contributed by atoms with E-state index in [0.29, 0.717) is 36.6 Å². The van der Waals surface area contributed by atoms with E-state index < -0.39 is 0 Å². The lowest BCUT2D eigenvalue weighted by atomic mass is 10.1. The van der Waals surface area contributed by atoms with Crippen molar-refractivity contribution in [3.8, 4) is 22.9 Å². The van der Waals surface area contributed by atoms with Crippen LogP contribution in [0.15, 0.2) is 54.9 Å². The molecule has 0 radical (unpaired) electrons. The first-order chi connectivity index (χ1) is 14.1. The van der Waals surface area contributed by atoms with Crippen LogP contribution >= 0.6 is 0 Å². The summed E-state index contributed by atoms with van der Waals surface area (Å²) in [4.78, 5) is 12.3. The van der Waals surface area contributed by atoms with Crippen LogP contribution in [-0.2, 0) is 17.8 Å². The predicted octanol–water partition coefficient (Wildman–Crippen LogP) is 3.15. The number of rotatable bonds is 9. The van der Waals surface area contributed by atoms with Gasteiger partial charge < -0.3 is 19.5 Å². The average Bonchev–Trinajstić information content (AvgIpc) is 3.25. The zero-order chi connectivity index (χ0) is 20.6. The molecule has 152 valence electrons.